The number of carbonyl (C=O) groups excluding carboxylic acids is 2. The molecule has 1 heterocycles. The zero-order valence-electron chi connectivity index (χ0n) is 17.2. The summed E-state index contributed by atoms with van der Waals surface area (Å²) in [7, 11) is 1.50. The molecular formula is C20H19ClF2N6O3S. The van der Waals surface area contributed by atoms with Crippen molar-refractivity contribution >= 4 is 40.9 Å². The van der Waals surface area contributed by atoms with E-state index in [4.69, 9.17) is 17.4 Å². The molecule has 1 aromatic heterocycles. The minimum absolute atomic E-state index is 0.00126. The van der Waals surface area contributed by atoms with E-state index in [0.717, 1.165) is 11.8 Å². The van der Waals surface area contributed by atoms with Crippen molar-refractivity contribution in [2.24, 2.45) is 0 Å². The topological polar surface area (TPSA) is 115 Å². The van der Waals surface area contributed by atoms with Crippen molar-refractivity contribution in [1.29, 1.82) is 0 Å². The summed E-state index contributed by atoms with van der Waals surface area (Å²) in [4.78, 5) is 25.9. The van der Waals surface area contributed by atoms with E-state index in [9.17, 15) is 18.4 Å². The fourth-order valence-corrected chi connectivity index (χ4v) is 3.63. The first-order valence-electron chi connectivity index (χ1n) is 9.41. The van der Waals surface area contributed by atoms with E-state index in [1.807, 2.05) is 0 Å². The van der Waals surface area contributed by atoms with Crippen molar-refractivity contribution in [3.8, 4) is 17.1 Å². The summed E-state index contributed by atoms with van der Waals surface area (Å²) >= 11 is 7.05. The van der Waals surface area contributed by atoms with Gasteiger partial charge >= 0.3 is 6.61 Å². The van der Waals surface area contributed by atoms with Crippen LogP contribution < -0.4 is 15.9 Å². The minimum Gasteiger partial charge on any atom is -0.435 e. The Morgan fingerprint density at radius 1 is 1.21 bits per heavy atom. The van der Waals surface area contributed by atoms with Crippen molar-refractivity contribution in [3.63, 3.8) is 0 Å². The molecule has 0 aliphatic carbocycles. The summed E-state index contributed by atoms with van der Waals surface area (Å²) < 4.78 is 30.0. The van der Waals surface area contributed by atoms with Crippen molar-refractivity contribution in [2.45, 2.75) is 11.8 Å². The zero-order valence-corrected chi connectivity index (χ0v) is 18.8. The van der Waals surface area contributed by atoms with Crippen LogP contribution >= 0.6 is 23.4 Å². The number of nitrogens with one attached hydrogen (secondary N) is 1. The van der Waals surface area contributed by atoms with Crippen LogP contribution in [0, 0.1) is 0 Å². The van der Waals surface area contributed by atoms with E-state index < -0.39 is 12.5 Å². The number of nitrogen functional groups attached to an aromatic ring is 1. The maximum atomic E-state index is 12.4. The Bertz CT molecular complexity index is 1130. The Morgan fingerprint density at radius 2 is 1.91 bits per heavy atom. The number of hydrogen-bond donors (Lipinski definition) is 2. The first-order valence-corrected chi connectivity index (χ1v) is 10.8. The molecule has 0 radical (unpaired) electrons. The van der Waals surface area contributed by atoms with Crippen LogP contribution in [-0.2, 0) is 9.59 Å². The van der Waals surface area contributed by atoms with Gasteiger partial charge in [0, 0.05) is 12.6 Å². The summed E-state index contributed by atoms with van der Waals surface area (Å²) in [6.07, 6.45) is 0. The molecule has 0 unspecified atom stereocenters. The van der Waals surface area contributed by atoms with E-state index in [-0.39, 0.29) is 34.9 Å². The molecule has 0 atom stereocenters. The van der Waals surface area contributed by atoms with Gasteiger partial charge in [-0.15, -0.1) is 10.2 Å². The monoisotopic (exact) mass is 496 g/mol. The lowest BCUT2D eigenvalue weighted by molar-refractivity contribution is -0.131. The standard InChI is InChI=1S/C20H19ClF2N6O3S/c1-28(10-16(30)25-15-5-3-2-4-14(15)21)17(31)11-33-20-27-26-18(29(20)24)12-6-8-13(9-7-12)32-19(22)23/h2-9,19H,10-11,24H2,1H3,(H,25,30). The number of halogens is 3. The Hall–Kier alpha value is -3.38. The molecule has 0 saturated heterocycles. The summed E-state index contributed by atoms with van der Waals surface area (Å²) in [6.45, 7) is -3.09. The third-order valence-electron chi connectivity index (χ3n) is 4.28. The molecule has 2 amide bonds. The van der Waals surface area contributed by atoms with E-state index in [1.54, 1.807) is 24.3 Å². The normalized spacial score (nSPS) is 10.8. The van der Waals surface area contributed by atoms with Crippen molar-refractivity contribution in [1.82, 2.24) is 19.8 Å². The fourth-order valence-electron chi connectivity index (χ4n) is 2.65. The van der Waals surface area contributed by atoms with Gasteiger partial charge in [0.15, 0.2) is 5.82 Å². The number of thioether (sulfide) groups is 1. The highest BCUT2D eigenvalue weighted by atomic mass is 35.5. The van der Waals surface area contributed by atoms with Gasteiger partial charge in [0.2, 0.25) is 17.0 Å². The second-order valence-electron chi connectivity index (χ2n) is 6.65. The average molecular weight is 497 g/mol. The van der Waals surface area contributed by atoms with Crippen molar-refractivity contribution in [3.05, 3.63) is 53.6 Å². The van der Waals surface area contributed by atoms with Gasteiger partial charge in [-0.1, -0.05) is 35.5 Å². The highest BCUT2D eigenvalue weighted by molar-refractivity contribution is 7.99. The summed E-state index contributed by atoms with van der Waals surface area (Å²) in [5, 5.41) is 11.2. The third-order valence-corrected chi connectivity index (χ3v) is 5.54. The first kappa shape index (κ1) is 24.3. The van der Waals surface area contributed by atoms with E-state index >= 15 is 0 Å². The molecule has 0 bridgehead atoms. The number of amides is 2. The number of carbonyl (C=O) groups is 2. The van der Waals surface area contributed by atoms with Gasteiger partial charge < -0.3 is 20.8 Å². The molecule has 3 N–H and O–H groups in total. The summed E-state index contributed by atoms with van der Waals surface area (Å²) in [6, 6.07) is 12.5. The highest BCUT2D eigenvalue weighted by Gasteiger charge is 2.18. The molecular weight excluding hydrogens is 478 g/mol. The maximum Gasteiger partial charge on any atom is 0.387 e. The molecule has 9 nitrogen and oxygen atoms in total. The lowest BCUT2D eigenvalue weighted by atomic mass is 10.2. The second-order valence-corrected chi connectivity index (χ2v) is 8.00. The first-order chi connectivity index (χ1) is 15.7. The lowest BCUT2D eigenvalue weighted by Crippen LogP contribution is -2.36. The van der Waals surface area contributed by atoms with Crippen LogP contribution in [0.25, 0.3) is 11.4 Å². The number of para-hydroxylation sites is 1. The molecule has 0 spiro atoms. The molecule has 33 heavy (non-hydrogen) atoms. The third kappa shape index (κ3) is 6.56. The zero-order chi connectivity index (χ0) is 24.0. The van der Waals surface area contributed by atoms with Crippen LogP contribution in [0.3, 0.4) is 0 Å². The summed E-state index contributed by atoms with van der Waals surface area (Å²) in [5.41, 5.74) is 0.982. The molecule has 0 saturated carbocycles. The van der Waals surface area contributed by atoms with Crippen LogP contribution in [0.5, 0.6) is 5.75 Å². The van der Waals surface area contributed by atoms with Gasteiger partial charge in [-0.25, -0.2) is 4.68 Å². The number of rotatable bonds is 9. The van der Waals surface area contributed by atoms with Crippen LogP contribution in [0.15, 0.2) is 53.7 Å². The van der Waals surface area contributed by atoms with Crippen LogP contribution in [0.4, 0.5) is 14.5 Å². The second kappa shape index (κ2) is 11.0. The van der Waals surface area contributed by atoms with Gasteiger partial charge in [-0.05, 0) is 36.4 Å². The molecule has 174 valence electrons. The SMILES string of the molecule is CN(CC(=O)Nc1ccccc1Cl)C(=O)CSc1nnc(-c2ccc(OC(F)F)cc2)n1N. The quantitative estimate of drug-likeness (QED) is 0.345. The van der Waals surface area contributed by atoms with Crippen molar-refractivity contribution < 1.29 is 23.1 Å². The lowest BCUT2D eigenvalue weighted by Gasteiger charge is -2.16. The number of alkyl halides is 2. The number of hydrogen-bond acceptors (Lipinski definition) is 7. The molecule has 3 rings (SSSR count). The molecule has 0 aliphatic rings. The van der Waals surface area contributed by atoms with Crippen LogP contribution in [0.1, 0.15) is 0 Å². The Balaban J connectivity index is 1.54. The highest BCUT2D eigenvalue weighted by Crippen LogP contribution is 2.24. The molecule has 3 aromatic rings. The average Bonchev–Trinajstić information content (AvgIpc) is 3.14. The molecule has 0 fully saturated rings. The summed E-state index contributed by atoms with van der Waals surface area (Å²) in [5.74, 6) is 5.54. The number of aromatic nitrogens is 3. The van der Waals surface area contributed by atoms with Gasteiger partial charge in [0.1, 0.15) is 5.75 Å². The van der Waals surface area contributed by atoms with Crippen LogP contribution in [-0.4, -0.2) is 57.5 Å². The van der Waals surface area contributed by atoms with Gasteiger partial charge in [0.05, 0.1) is 23.0 Å². The van der Waals surface area contributed by atoms with E-state index in [2.05, 4.69) is 20.3 Å². The van der Waals surface area contributed by atoms with E-state index in [0.29, 0.717) is 16.3 Å². The predicted molar refractivity (Wildman–Crippen MR) is 121 cm³/mol. The van der Waals surface area contributed by atoms with Crippen molar-refractivity contribution in [2.75, 3.05) is 30.5 Å². The molecule has 13 heteroatoms. The maximum absolute atomic E-state index is 12.4. The Morgan fingerprint density at radius 3 is 2.58 bits per heavy atom. The number of anilines is 1. The van der Waals surface area contributed by atoms with Gasteiger partial charge in [-0.3, -0.25) is 9.59 Å². The Kier molecular flexibility index (Phi) is 8.06. The number of likely N-dealkylation sites (N-methyl/N-ethyl adjacent to an activating group) is 1. The Labute approximate surface area is 196 Å². The number of nitrogens with zero attached hydrogens (tertiary/aromatic N) is 4. The smallest absolute Gasteiger partial charge is 0.387 e. The number of ether oxygens (including phenoxy) is 1. The van der Waals surface area contributed by atoms with Gasteiger partial charge in [-0.2, -0.15) is 8.78 Å². The predicted octanol–water partition coefficient (Wildman–Crippen LogP) is 3.10. The minimum atomic E-state index is -2.92. The molecule has 2 aromatic carbocycles. The van der Waals surface area contributed by atoms with E-state index in [1.165, 1.54) is 40.9 Å². The number of nitrogens with two attached hydrogens (primary N) is 1. The molecule has 0 aliphatic heterocycles. The number of benzene rings is 2. The van der Waals surface area contributed by atoms with Crippen LogP contribution in [0.2, 0.25) is 5.02 Å². The van der Waals surface area contributed by atoms with Gasteiger partial charge in [0.25, 0.3) is 0 Å². The fraction of sp³-hybridized carbons (Fsp3) is 0.200. The largest absolute Gasteiger partial charge is 0.435 e.